The van der Waals surface area contributed by atoms with E-state index < -0.39 is 6.10 Å². The molecule has 3 atom stereocenters. The number of aromatic nitrogens is 2. The number of ether oxygens (including phenoxy) is 1. The van der Waals surface area contributed by atoms with Crippen molar-refractivity contribution in [2.75, 3.05) is 18.9 Å². The number of hydrogen-bond acceptors (Lipinski definition) is 9. The molecular formula is C16H25N5O6S. The summed E-state index contributed by atoms with van der Waals surface area (Å²) in [7, 11) is 0. The Labute approximate surface area is 165 Å². The lowest BCUT2D eigenvalue weighted by molar-refractivity contribution is -0.129. The van der Waals surface area contributed by atoms with Crippen LogP contribution in [-0.2, 0) is 25.7 Å². The second kappa shape index (κ2) is 10.9. The molecule has 0 bridgehead atoms. The first-order valence-electron chi connectivity index (χ1n) is 8.94. The zero-order valence-electron chi connectivity index (χ0n) is 15.2. The number of carboxylic acid groups (broad SMARTS) is 1. The van der Waals surface area contributed by atoms with E-state index in [1.165, 1.54) is 11.3 Å². The van der Waals surface area contributed by atoms with E-state index in [9.17, 15) is 14.7 Å². The molecule has 0 radical (unpaired) electrons. The molecule has 11 nitrogen and oxygen atoms in total. The molecule has 2 heterocycles. The number of hydrogen-bond donors (Lipinski definition) is 5. The highest BCUT2D eigenvalue weighted by Crippen LogP contribution is 2.27. The molecule has 2 fully saturated rings. The Morgan fingerprint density at radius 3 is 2.50 bits per heavy atom. The number of nitrogens with two attached hydrogens (primary N) is 1. The molecule has 1 aromatic rings. The number of anilines is 1. The molecule has 156 valence electrons. The topological polar surface area (TPSA) is 177 Å². The average Bonchev–Trinajstić information content (AvgIpc) is 3.27. The van der Waals surface area contributed by atoms with Gasteiger partial charge in [-0.15, -0.1) is 10.2 Å². The first kappa shape index (κ1) is 22.0. The Balaban J connectivity index is 0.000000878. The molecule has 0 spiro atoms. The molecule has 2 amide bonds. The van der Waals surface area contributed by atoms with Gasteiger partial charge < -0.3 is 31.3 Å². The van der Waals surface area contributed by atoms with Crippen LogP contribution in [-0.4, -0.2) is 64.1 Å². The highest BCUT2D eigenvalue weighted by atomic mass is 32.1. The molecule has 1 aliphatic heterocycles. The Morgan fingerprint density at radius 1 is 1.21 bits per heavy atom. The summed E-state index contributed by atoms with van der Waals surface area (Å²) in [6, 6.07) is -0.386. The minimum atomic E-state index is -0.711. The maximum absolute atomic E-state index is 12.3. The minimum absolute atomic E-state index is 0.0576. The lowest BCUT2D eigenvalue weighted by atomic mass is 9.98. The van der Waals surface area contributed by atoms with Crippen molar-refractivity contribution in [3.63, 3.8) is 0 Å². The lowest BCUT2D eigenvalue weighted by Crippen LogP contribution is -2.44. The fourth-order valence-corrected chi connectivity index (χ4v) is 3.84. The van der Waals surface area contributed by atoms with Crippen LogP contribution in [0, 0.1) is 11.8 Å². The van der Waals surface area contributed by atoms with Crippen LogP contribution in [0.3, 0.4) is 0 Å². The van der Waals surface area contributed by atoms with Gasteiger partial charge in [-0.3, -0.25) is 14.4 Å². The van der Waals surface area contributed by atoms with Crippen molar-refractivity contribution < 1.29 is 29.3 Å². The maximum Gasteiger partial charge on any atom is 0.290 e. The zero-order chi connectivity index (χ0) is 20.5. The van der Waals surface area contributed by atoms with E-state index in [-0.39, 0.29) is 42.7 Å². The minimum Gasteiger partial charge on any atom is -0.483 e. The number of nitrogens with zero attached hydrogens (tertiary/aromatic N) is 2. The Bertz CT molecular complexity index is 666. The zero-order valence-corrected chi connectivity index (χ0v) is 16.1. The number of amides is 2. The van der Waals surface area contributed by atoms with E-state index in [0.717, 1.165) is 0 Å². The van der Waals surface area contributed by atoms with Crippen molar-refractivity contribution in [3.8, 4) is 0 Å². The summed E-state index contributed by atoms with van der Waals surface area (Å²) >= 11 is 1.22. The molecule has 2 aliphatic rings. The quantitative estimate of drug-likeness (QED) is 0.382. The van der Waals surface area contributed by atoms with Crippen LogP contribution >= 0.6 is 11.3 Å². The van der Waals surface area contributed by atoms with Crippen molar-refractivity contribution in [3.05, 3.63) is 5.01 Å². The van der Waals surface area contributed by atoms with E-state index in [1.807, 2.05) is 0 Å². The van der Waals surface area contributed by atoms with Crippen LogP contribution in [0.2, 0.25) is 0 Å². The van der Waals surface area contributed by atoms with E-state index in [1.54, 1.807) is 0 Å². The Kier molecular flexibility index (Phi) is 8.54. The van der Waals surface area contributed by atoms with Gasteiger partial charge in [0.15, 0.2) is 0 Å². The summed E-state index contributed by atoms with van der Waals surface area (Å²) in [4.78, 5) is 32.9. The predicted octanol–water partition coefficient (Wildman–Crippen LogP) is -0.880. The molecule has 12 heteroatoms. The van der Waals surface area contributed by atoms with Crippen LogP contribution in [0.5, 0.6) is 0 Å². The molecule has 1 aromatic heterocycles. The van der Waals surface area contributed by atoms with Crippen LogP contribution in [0.4, 0.5) is 5.13 Å². The number of aliphatic hydroxyl groups excluding tert-OH is 1. The van der Waals surface area contributed by atoms with Gasteiger partial charge in [-0.2, -0.15) is 0 Å². The van der Waals surface area contributed by atoms with Crippen LogP contribution in [0.25, 0.3) is 0 Å². The van der Waals surface area contributed by atoms with Crippen molar-refractivity contribution in [2.45, 2.75) is 44.4 Å². The highest BCUT2D eigenvalue weighted by Gasteiger charge is 2.38. The van der Waals surface area contributed by atoms with Gasteiger partial charge in [0.25, 0.3) is 6.47 Å². The largest absolute Gasteiger partial charge is 0.483 e. The monoisotopic (exact) mass is 415 g/mol. The first-order valence-corrected chi connectivity index (χ1v) is 9.75. The van der Waals surface area contributed by atoms with Crippen molar-refractivity contribution in [1.29, 1.82) is 0 Å². The molecule has 6 N–H and O–H groups in total. The lowest BCUT2D eigenvalue weighted by Gasteiger charge is -2.24. The van der Waals surface area contributed by atoms with Gasteiger partial charge in [0.2, 0.25) is 16.9 Å². The second-order valence-corrected chi connectivity index (χ2v) is 7.69. The van der Waals surface area contributed by atoms with E-state index >= 15 is 0 Å². The summed E-state index contributed by atoms with van der Waals surface area (Å²) in [5.41, 5.74) is 5.50. The third kappa shape index (κ3) is 6.39. The van der Waals surface area contributed by atoms with Crippen molar-refractivity contribution >= 4 is 34.8 Å². The number of nitrogens with one attached hydrogen (secondary N) is 2. The predicted molar refractivity (Wildman–Crippen MR) is 99.1 cm³/mol. The number of aliphatic hydroxyl groups is 1. The fraction of sp³-hybridized carbons (Fsp3) is 0.688. The SMILES string of the molecule is Nc1nnc(CNC(=O)[C@@H]2C[C@@H](O)[C@H](NC(=O)C3CCOCC3)C2)s1.O=CO. The van der Waals surface area contributed by atoms with Gasteiger partial charge in [-0.05, 0) is 25.7 Å². The number of carbonyl (C=O) groups is 3. The number of nitrogen functional groups attached to an aromatic ring is 1. The Hall–Kier alpha value is -2.31. The highest BCUT2D eigenvalue weighted by molar-refractivity contribution is 7.15. The summed E-state index contributed by atoms with van der Waals surface area (Å²) in [5.74, 6) is -0.620. The summed E-state index contributed by atoms with van der Waals surface area (Å²) in [6.45, 7) is 1.19. The first-order chi connectivity index (χ1) is 13.4. The van der Waals surface area contributed by atoms with Crippen molar-refractivity contribution in [1.82, 2.24) is 20.8 Å². The van der Waals surface area contributed by atoms with Gasteiger partial charge in [-0.25, -0.2) is 0 Å². The smallest absolute Gasteiger partial charge is 0.290 e. The van der Waals surface area contributed by atoms with Crippen LogP contribution in [0.1, 0.15) is 30.7 Å². The van der Waals surface area contributed by atoms with Gasteiger partial charge in [0.1, 0.15) is 5.01 Å². The molecule has 1 saturated carbocycles. The average molecular weight is 415 g/mol. The standard InChI is InChI=1S/C15H23N5O4S.CH2O2/c16-15-20-19-12(25-15)7-17-13(22)9-5-10(11(21)6-9)18-14(23)8-1-3-24-4-2-8;2-1-3/h8-11,21H,1-7H2,(H2,16,20)(H,17,22)(H,18,23);1H,(H,2,3)/t9-,10+,11+;/m0./s1. The molecule has 28 heavy (non-hydrogen) atoms. The molecule has 1 aliphatic carbocycles. The van der Waals surface area contributed by atoms with Crippen LogP contribution in [0.15, 0.2) is 0 Å². The molecule has 1 saturated heterocycles. The Morgan fingerprint density at radius 2 is 1.89 bits per heavy atom. The van der Waals surface area contributed by atoms with Gasteiger partial charge in [-0.1, -0.05) is 11.3 Å². The van der Waals surface area contributed by atoms with Crippen molar-refractivity contribution in [2.24, 2.45) is 11.8 Å². The molecular weight excluding hydrogens is 390 g/mol. The molecule has 3 rings (SSSR count). The van der Waals surface area contributed by atoms with E-state index in [2.05, 4.69) is 20.8 Å². The second-order valence-electron chi connectivity index (χ2n) is 6.59. The van der Waals surface area contributed by atoms with E-state index in [4.69, 9.17) is 20.4 Å². The normalized spacial score (nSPS) is 24.7. The van der Waals surface area contributed by atoms with E-state index in [0.29, 0.717) is 49.0 Å². The number of rotatable bonds is 5. The number of carbonyl (C=O) groups excluding carboxylic acids is 2. The van der Waals surface area contributed by atoms with Gasteiger partial charge >= 0.3 is 0 Å². The third-order valence-corrected chi connectivity index (χ3v) is 5.47. The molecule has 0 aromatic carbocycles. The van der Waals surface area contributed by atoms with Crippen LogP contribution < -0.4 is 16.4 Å². The third-order valence-electron chi connectivity index (χ3n) is 4.72. The van der Waals surface area contributed by atoms with Gasteiger partial charge in [0.05, 0.1) is 18.7 Å². The summed E-state index contributed by atoms with van der Waals surface area (Å²) < 4.78 is 5.26. The fourth-order valence-electron chi connectivity index (χ4n) is 3.29. The molecule has 0 unspecified atom stereocenters. The van der Waals surface area contributed by atoms with Gasteiger partial charge in [0, 0.05) is 25.0 Å². The summed E-state index contributed by atoms with van der Waals surface area (Å²) in [5, 5.41) is 31.3. The summed E-state index contributed by atoms with van der Waals surface area (Å²) in [6.07, 6.45) is 1.45. The maximum atomic E-state index is 12.3.